The van der Waals surface area contributed by atoms with Gasteiger partial charge in [0.15, 0.2) is 6.04 Å². The van der Waals surface area contributed by atoms with Gasteiger partial charge in [-0.25, -0.2) is 4.79 Å². The van der Waals surface area contributed by atoms with Gasteiger partial charge >= 0.3 is 5.97 Å². The van der Waals surface area contributed by atoms with Gasteiger partial charge in [0.2, 0.25) is 5.95 Å². The summed E-state index contributed by atoms with van der Waals surface area (Å²) < 4.78 is 5.95. The van der Waals surface area contributed by atoms with Crippen LogP contribution in [0.3, 0.4) is 0 Å². The SMILES string of the molecule is COC(=O)[C@H](CCSC)n1nnnc1N. The summed E-state index contributed by atoms with van der Waals surface area (Å²) >= 11 is 1.63. The third-order valence-corrected chi connectivity index (χ3v) is 2.53. The fourth-order valence-corrected chi connectivity index (χ4v) is 1.59. The number of methoxy groups -OCH3 is 1. The molecule has 15 heavy (non-hydrogen) atoms. The molecule has 0 spiro atoms. The molecule has 7 nitrogen and oxygen atoms in total. The molecule has 0 aliphatic heterocycles. The fraction of sp³-hybridized carbons (Fsp3) is 0.714. The molecule has 1 atom stereocenters. The van der Waals surface area contributed by atoms with Crippen LogP contribution in [0.2, 0.25) is 0 Å². The van der Waals surface area contributed by atoms with E-state index in [1.807, 2.05) is 6.26 Å². The second-order valence-electron chi connectivity index (χ2n) is 2.80. The van der Waals surface area contributed by atoms with Crippen LogP contribution in [-0.2, 0) is 9.53 Å². The maximum Gasteiger partial charge on any atom is 0.330 e. The Kier molecular flexibility index (Phi) is 4.35. The largest absolute Gasteiger partial charge is 0.467 e. The minimum atomic E-state index is -0.544. The number of nitrogens with two attached hydrogens (primary N) is 1. The Morgan fingerprint density at radius 1 is 1.73 bits per heavy atom. The van der Waals surface area contributed by atoms with E-state index in [4.69, 9.17) is 5.73 Å². The monoisotopic (exact) mass is 231 g/mol. The van der Waals surface area contributed by atoms with Crippen molar-refractivity contribution in [2.75, 3.05) is 24.9 Å². The lowest BCUT2D eigenvalue weighted by molar-refractivity contribution is -0.145. The highest BCUT2D eigenvalue weighted by atomic mass is 32.2. The van der Waals surface area contributed by atoms with Crippen LogP contribution < -0.4 is 5.73 Å². The second kappa shape index (κ2) is 5.54. The van der Waals surface area contributed by atoms with Crippen molar-refractivity contribution in [2.24, 2.45) is 0 Å². The molecule has 8 heteroatoms. The normalized spacial score (nSPS) is 12.4. The molecule has 0 radical (unpaired) electrons. The number of esters is 1. The number of carbonyl (C=O) groups excluding carboxylic acids is 1. The van der Waals surface area contributed by atoms with E-state index in [1.54, 1.807) is 11.8 Å². The zero-order valence-corrected chi connectivity index (χ0v) is 9.40. The molecule has 0 fully saturated rings. The van der Waals surface area contributed by atoms with Crippen molar-refractivity contribution in [1.82, 2.24) is 20.2 Å². The number of rotatable bonds is 5. The summed E-state index contributed by atoms with van der Waals surface area (Å²) in [6.07, 6.45) is 2.54. The van der Waals surface area contributed by atoms with E-state index in [2.05, 4.69) is 20.3 Å². The number of nitrogens with zero attached hydrogens (tertiary/aromatic N) is 4. The number of ether oxygens (including phenoxy) is 1. The van der Waals surface area contributed by atoms with Gasteiger partial charge in [-0.3, -0.25) is 0 Å². The number of tetrazole rings is 1. The van der Waals surface area contributed by atoms with Crippen molar-refractivity contribution < 1.29 is 9.53 Å². The Morgan fingerprint density at radius 3 is 2.93 bits per heavy atom. The van der Waals surface area contributed by atoms with E-state index in [-0.39, 0.29) is 11.9 Å². The number of thioether (sulfide) groups is 1. The van der Waals surface area contributed by atoms with Crippen LogP contribution in [0.4, 0.5) is 5.95 Å². The molecule has 1 aromatic heterocycles. The van der Waals surface area contributed by atoms with Crippen LogP contribution in [0.5, 0.6) is 0 Å². The summed E-state index contributed by atoms with van der Waals surface area (Å²) in [5.41, 5.74) is 5.52. The molecule has 1 rings (SSSR count). The predicted octanol–water partition coefficient (Wildman–Crippen LogP) is -0.278. The lowest BCUT2D eigenvalue weighted by atomic mass is 10.2. The first-order valence-electron chi connectivity index (χ1n) is 4.30. The summed E-state index contributed by atoms with van der Waals surface area (Å²) in [6, 6.07) is -0.544. The average Bonchev–Trinajstić information content (AvgIpc) is 2.65. The first kappa shape index (κ1) is 11.8. The Morgan fingerprint density at radius 2 is 2.47 bits per heavy atom. The quantitative estimate of drug-likeness (QED) is 0.696. The molecule has 0 bridgehead atoms. The first-order valence-corrected chi connectivity index (χ1v) is 5.70. The van der Waals surface area contributed by atoms with Gasteiger partial charge in [0, 0.05) is 0 Å². The molecule has 2 N–H and O–H groups in total. The number of anilines is 1. The maximum absolute atomic E-state index is 11.5. The summed E-state index contributed by atoms with van der Waals surface area (Å²) in [5, 5.41) is 10.6. The predicted molar refractivity (Wildman–Crippen MR) is 56.3 cm³/mol. The number of hydrogen-bond donors (Lipinski definition) is 1. The van der Waals surface area contributed by atoms with E-state index in [9.17, 15) is 4.79 Å². The molecule has 0 aromatic carbocycles. The van der Waals surface area contributed by atoms with Crippen molar-refractivity contribution in [2.45, 2.75) is 12.5 Å². The van der Waals surface area contributed by atoms with Gasteiger partial charge in [0.1, 0.15) is 0 Å². The molecule has 84 valence electrons. The Balaban J connectivity index is 2.81. The number of nitrogen functional groups attached to an aromatic ring is 1. The number of carbonyl (C=O) groups is 1. The number of hydrogen-bond acceptors (Lipinski definition) is 7. The summed E-state index contributed by atoms with van der Waals surface area (Å²) in [5.74, 6) is 0.536. The minimum absolute atomic E-state index is 0.117. The summed E-state index contributed by atoms with van der Waals surface area (Å²) in [7, 11) is 1.33. The van der Waals surface area contributed by atoms with Crippen LogP contribution in [0, 0.1) is 0 Å². The van der Waals surface area contributed by atoms with Crippen molar-refractivity contribution in [3.05, 3.63) is 0 Å². The van der Waals surface area contributed by atoms with E-state index >= 15 is 0 Å². The maximum atomic E-state index is 11.5. The van der Waals surface area contributed by atoms with Crippen molar-refractivity contribution in [3.8, 4) is 0 Å². The summed E-state index contributed by atoms with van der Waals surface area (Å²) in [4.78, 5) is 11.5. The molecule has 1 heterocycles. The van der Waals surface area contributed by atoms with Crippen molar-refractivity contribution >= 4 is 23.7 Å². The van der Waals surface area contributed by atoms with Crippen LogP contribution in [-0.4, -0.2) is 45.3 Å². The fourth-order valence-electron chi connectivity index (χ4n) is 1.13. The second-order valence-corrected chi connectivity index (χ2v) is 3.79. The highest BCUT2D eigenvalue weighted by molar-refractivity contribution is 7.98. The molecule has 0 unspecified atom stereocenters. The minimum Gasteiger partial charge on any atom is -0.467 e. The Labute approximate surface area is 91.3 Å². The first-order chi connectivity index (χ1) is 7.20. The third-order valence-electron chi connectivity index (χ3n) is 1.88. The zero-order valence-electron chi connectivity index (χ0n) is 8.58. The standard InChI is InChI=1S/C7H13N5O2S/c1-14-6(13)5(3-4-15-2)12-7(8)9-10-11-12/h5H,3-4H2,1-2H3,(H2,8,9,11)/t5-/m0/s1. The van der Waals surface area contributed by atoms with Gasteiger partial charge in [0.25, 0.3) is 0 Å². The van der Waals surface area contributed by atoms with E-state index in [0.717, 1.165) is 5.75 Å². The van der Waals surface area contributed by atoms with Crippen molar-refractivity contribution in [3.63, 3.8) is 0 Å². The Bertz CT molecular complexity index is 329. The Hall–Kier alpha value is -1.31. The van der Waals surface area contributed by atoms with Gasteiger partial charge in [-0.15, -0.1) is 0 Å². The van der Waals surface area contributed by atoms with Gasteiger partial charge in [-0.1, -0.05) is 5.10 Å². The molecule has 0 saturated heterocycles. The van der Waals surface area contributed by atoms with Crippen LogP contribution >= 0.6 is 11.8 Å². The van der Waals surface area contributed by atoms with Gasteiger partial charge in [-0.05, 0) is 28.9 Å². The molecule has 0 aliphatic carbocycles. The molecular weight excluding hydrogens is 218 g/mol. The zero-order chi connectivity index (χ0) is 11.3. The molecule has 0 amide bonds. The molecule has 1 aromatic rings. The van der Waals surface area contributed by atoms with Crippen molar-refractivity contribution in [1.29, 1.82) is 0 Å². The highest BCUT2D eigenvalue weighted by Crippen LogP contribution is 2.16. The van der Waals surface area contributed by atoms with E-state index in [1.165, 1.54) is 11.8 Å². The highest BCUT2D eigenvalue weighted by Gasteiger charge is 2.24. The van der Waals surface area contributed by atoms with Gasteiger partial charge < -0.3 is 10.5 Å². The summed E-state index contributed by atoms with van der Waals surface area (Å²) in [6.45, 7) is 0. The van der Waals surface area contributed by atoms with Crippen LogP contribution in [0.25, 0.3) is 0 Å². The third kappa shape index (κ3) is 2.82. The van der Waals surface area contributed by atoms with E-state index in [0.29, 0.717) is 6.42 Å². The smallest absolute Gasteiger partial charge is 0.330 e. The van der Waals surface area contributed by atoms with Crippen LogP contribution in [0.15, 0.2) is 0 Å². The molecule has 0 aliphatic rings. The van der Waals surface area contributed by atoms with Gasteiger partial charge in [-0.2, -0.15) is 16.4 Å². The molecular formula is C7H13N5O2S. The average molecular weight is 231 g/mol. The van der Waals surface area contributed by atoms with E-state index < -0.39 is 6.04 Å². The van der Waals surface area contributed by atoms with Crippen LogP contribution in [0.1, 0.15) is 12.5 Å². The lowest BCUT2D eigenvalue weighted by Crippen LogP contribution is -2.24. The van der Waals surface area contributed by atoms with Gasteiger partial charge in [0.05, 0.1) is 7.11 Å². The lowest BCUT2D eigenvalue weighted by Gasteiger charge is -2.13. The topological polar surface area (TPSA) is 95.9 Å². The molecule has 0 saturated carbocycles. The number of aromatic nitrogens is 4.